The molecule has 1 saturated carbocycles. The highest BCUT2D eigenvalue weighted by Crippen LogP contribution is 2.29. The van der Waals surface area contributed by atoms with Crippen LogP contribution in [-0.2, 0) is 0 Å². The zero-order valence-corrected chi connectivity index (χ0v) is 11.9. The highest BCUT2D eigenvalue weighted by atomic mass is 15.2. The van der Waals surface area contributed by atoms with E-state index in [1.54, 1.807) is 0 Å². The molecule has 0 radical (unpaired) electrons. The van der Waals surface area contributed by atoms with Crippen LogP contribution in [-0.4, -0.2) is 36.6 Å². The zero-order chi connectivity index (χ0) is 12.3. The van der Waals surface area contributed by atoms with Crippen LogP contribution in [0.1, 0.15) is 52.9 Å². The molecular weight excluding hydrogens is 208 g/mol. The quantitative estimate of drug-likeness (QED) is 0.810. The number of hydrogen-bond acceptors (Lipinski definition) is 2. The van der Waals surface area contributed by atoms with Gasteiger partial charge < -0.3 is 10.2 Å². The Hall–Kier alpha value is -0.0800. The van der Waals surface area contributed by atoms with Crippen LogP contribution in [0.3, 0.4) is 0 Å². The van der Waals surface area contributed by atoms with E-state index in [2.05, 4.69) is 31.0 Å². The van der Waals surface area contributed by atoms with Crippen LogP contribution in [0.5, 0.6) is 0 Å². The first kappa shape index (κ1) is 13.4. The van der Waals surface area contributed by atoms with Crippen molar-refractivity contribution >= 4 is 0 Å². The molecule has 2 aliphatic rings. The van der Waals surface area contributed by atoms with Crippen molar-refractivity contribution < 1.29 is 0 Å². The molecule has 0 spiro atoms. The Morgan fingerprint density at radius 1 is 1.12 bits per heavy atom. The first-order valence-electron chi connectivity index (χ1n) is 7.62. The van der Waals surface area contributed by atoms with E-state index >= 15 is 0 Å². The molecule has 1 aliphatic heterocycles. The van der Waals surface area contributed by atoms with Gasteiger partial charge in [-0.1, -0.05) is 13.3 Å². The summed E-state index contributed by atoms with van der Waals surface area (Å²) in [5.74, 6) is 1.94. The molecule has 2 fully saturated rings. The molecule has 1 aliphatic carbocycles. The molecule has 100 valence electrons. The SMILES string of the molecule is CC1CCC(CNC2CCN(C(C)C)CC2)C1. The van der Waals surface area contributed by atoms with Crippen LogP contribution in [0.4, 0.5) is 0 Å². The molecule has 17 heavy (non-hydrogen) atoms. The van der Waals surface area contributed by atoms with Crippen LogP contribution in [0.2, 0.25) is 0 Å². The van der Waals surface area contributed by atoms with Gasteiger partial charge in [0.25, 0.3) is 0 Å². The second-order valence-corrected chi connectivity index (χ2v) is 6.60. The predicted molar refractivity (Wildman–Crippen MR) is 74.2 cm³/mol. The fourth-order valence-corrected chi connectivity index (χ4v) is 3.46. The van der Waals surface area contributed by atoms with Crippen molar-refractivity contribution in [2.75, 3.05) is 19.6 Å². The van der Waals surface area contributed by atoms with E-state index in [4.69, 9.17) is 0 Å². The van der Waals surface area contributed by atoms with Crippen LogP contribution in [0, 0.1) is 11.8 Å². The van der Waals surface area contributed by atoms with E-state index in [-0.39, 0.29) is 0 Å². The third-order valence-corrected chi connectivity index (χ3v) is 4.76. The molecule has 0 amide bonds. The van der Waals surface area contributed by atoms with Gasteiger partial charge in [0.2, 0.25) is 0 Å². The van der Waals surface area contributed by atoms with Crippen LogP contribution in [0.15, 0.2) is 0 Å². The van der Waals surface area contributed by atoms with E-state index in [1.807, 2.05) is 0 Å². The lowest BCUT2D eigenvalue weighted by molar-refractivity contribution is 0.159. The van der Waals surface area contributed by atoms with Gasteiger partial charge in [0.15, 0.2) is 0 Å². The lowest BCUT2D eigenvalue weighted by Gasteiger charge is -2.35. The van der Waals surface area contributed by atoms with Gasteiger partial charge in [-0.3, -0.25) is 0 Å². The first-order valence-corrected chi connectivity index (χ1v) is 7.62. The fraction of sp³-hybridized carbons (Fsp3) is 1.00. The highest BCUT2D eigenvalue weighted by Gasteiger charge is 2.24. The van der Waals surface area contributed by atoms with Gasteiger partial charge in [-0.15, -0.1) is 0 Å². The van der Waals surface area contributed by atoms with Crippen molar-refractivity contribution in [1.82, 2.24) is 10.2 Å². The van der Waals surface area contributed by atoms with E-state index < -0.39 is 0 Å². The maximum absolute atomic E-state index is 3.82. The summed E-state index contributed by atoms with van der Waals surface area (Å²) in [5.41, 5.74) is 0. The number of likely N-dealkylation sites (tertiary alicyclic amines) is 1. The lowest BCUT2D eigenvalue weighted by atomic mass is 10.0. The summed E-state index contributed by atoms with van der Waals surface area (Å²) in [6.07, 6.45) is 7.07. The number of rotatable bonds is 4. The number of nitrogens with one attached hydrogen (secondary N) is 1. The van der Waals surface area contributed by atoms with Crippen molar-refractivity contribution in [2.24, 2.45) is 11.8 Å². The molecule has 2 atom stereocenters. The van der Waals surface area contributed by atoms with Crippen molar-refractivity contribution in [1.29, 1.82) is 0 Å². The van der Waals surface area contributed by atoms with Crippen molar-refractivity contribution in [3.8, 4) is 0 Å². The molecule has 2 heteroatoms. The Morgan fingerprint density at radius 2 is 1.82 bits per heavy atom. The summed E-state index contributed by atoms with van der Waals surface area (Å²) in [6.45, 7) is 10.9. The molecule has 0 aromatic rings. The third-order valence-electron chi connectivity index (χ3n) is 4.76. The number of nitrogens with zero attached hydrogens (tertiary/aromatic N) is 1. The first-order chi connectivity index (χ1) is 8.15. The molecule has 1 N–H and O–H groups in total. The van der Waals surface area contributed by atoms with Gasteiger partial charge in [0.1, 0.15) is 0 Å². The summed E-state index contributed by atoms with van der Waals surface area (Å²) in [6, 6.07) is 1.52. The Bertz CT molecular complexity index is 219. The maximum Gasteiger partial charge on any atom is 0.00915 e. The van der Waals surface area contributed by atoms with Crippen molar-refractivity contribution in [3.63, 3.8) is 0 Å². The number of hydrogen-bond donors (Lipinski definition) is 1. The van der Waals surface area contributed by atoms with Gasteiger partial charge >= 0.3 is 0 Å². The smallest absolute Gasteiger partial charge is 0.00915 e. The molecule has 1 saturated heterocycles. The second-order valence-electron chi connectivity index (χ2n) is 6.60. The molecule has 0 aromatic heterocycles. The lowest BCUT2D eigenvalue weighted by Crippen LogP contribution is -2.45. The third kappa shape index (κ3) is 3.96. The molecule has 1 heterocycles. The summed E-state index contributed by atoms with van der Waals surface area (Å²) in [4.78, 5) is 2.61. The van der Waals surface area contributed by atoms with E-state index in [0.29, 0.717) is 0 Å². The van der Waals surface area contributed by atoms with Crippen LogP contribution < -0.4 is 5.32 Å². The summed E-state index contributed by atoms with van der Waals surface area (Å²) in [7, 11) is 0. The Morgan fingerprint density at radius 3 is 2.35 bits per heavy atom. The minimum Gasteiger partial charge on any atom is -0.314 e. The topological polar surface area (TPSA) is 15.3 Å². The molecule has 2 nitrogen and oxygen atoms in total. The normalized spacial score (nSPS) is 32.5. The van der Waals surface area contributed by atoms with E-state index in [1.165, 1.54) is 51.7 Å². The van der Waals surface area contributed by atoms with Gasteiger partial charge in [0.05, 0.1) is 0 Å². The monoisotopic (exact) mass is 238 g/mol. The summed E-state index contributed by atoms with van der Waals surface area (Å²) >= 11 is 0. The molecule has 0 bridgehead atoms. The average molecular weight is 238 g/mol. The predicted octanol–water partition coefficient (Wildman–Crippen LogP) is 2.89. The summed E-state index contributed by atoms with van der Waals surface area (Å²) < 4.78 is 0. The minimum atomic E-state index is 0.728. The largest absolute Gasteiger partial charge is 0.314 e. The molecule has 0 aromatic carbocycles. The molecule has 2 rings (SSSR count). The van der Waals surface area contributed by atoms with Crippen molar-refractivity contribution in [2.45, 2.75) is 65.0 Å². The standard InChI is InChI=1S/C15H30N2/c1-12(2)17-8-6-15(7-9-17)16-11-14-5-4-13(3)10-14/h12-16H,4-11H2,1-3H3. The molecule has 2 unspecified atom stereocenters. The van der Waals surface area contributed by atoms with Gasteiger partial charge in [-0.05, 0) is 71.0 Å². The Labute approximate surface area is 107 Å². The van der Waals surface area contributed by atoms with Gasteiger partial charge in [0, 0.05) is 12.1 Å². The fourth-order valence-electron chi connectivity index (χ4n) is 3.46. The maximum atomic E-state index is 3.82. The van der Waals surface area contributed by atoms with Crippen LogP contribution in [0.25, 0.3) is 0 Å². The van der Waals surface area contributed by atoms with Gasteiger partial charge in [-0.2, -0.15) is 0 Å². The summed E-state index contributed by atoms with van der Waals surface area (Å²) in [5, 5.41) is 3.82. The van der Waals surface area contributed by atoms with Crippen molar-refractivity contribution in [3.05, 3.63) is 0 Å². The average Bonchev–Trinajstić information content (AvgIpc) is 2.73. The molecular formula is C15H30N2. The zero-order valence-electron chi connectivity index (χ0n) is 11.9. The Balaban J connectivity index is 1.61. The van der Waals surface area contributed by atoms with Gasteiger partial charge in [-0.25, -0.2) is 0 Å². The Kier molecular flexibility index (Phi) is 4.87. The second kappa shape index (κ2) is 6.19. The highest BCUT2D eigenvalue weighted by molar-refractivity contribution is 4.81. The minimum absolute atomic E-state index is 0.728. The number of piperidine rings is 1. The van der Waals surface area contributed by atoms with Crippen LogP contribution >= 0.6 is 0 Å². The van der Waals surface area contributed by atoms with E-state index in [9.17, 15) is 0 Å². The van der Waals surface area contributed by atoms with E-state index in [0.717, 1.165) is 23.9 Å².